The maximum atomic E-state index is 11.6. The molecule has 0 radical (unpaired) electrons. The third-order valence-corrected chi connectivity index (χ3v) is 6.96. The number of carboxylic acids is 1. The topological polar surface area (TPSA) is 130 Å². The number of benzene rings is 1. The van der Waals surface area contributed by atoms with Crippen LogP contribution in [0.3, 0.4) is 0 Å². The van der Waals surface area contributed by atoms with Crippen LogP contribution in [0, 0.1) is 16.7 Å². The number of carboxylic acid groups (broad SMARTS) is 1. The van der Waals surface area contributed by atoms with Gasteiger partial charge in [-0.1, -0.05) is 36.4 Å². The molecule has 34 heavy (non-hydrogen) atoms. The van der Waals surface area contributed by atoms with Crippen LogP contribution >= 0.6 is 0 Å². The van der Waals surface area contributed by atoms with Crippen molar-refractivity contribution in [3.05, 3.63) is 66.1 Å². The van der Waals surface area contributed by atoms with Gasteiger partial charge in [-0.15, -0.1) is 0 Å². The number of pyridine rings is 1. The molecule has 0 bridgehead atoms. The van der Waals surface area contributed by atoms with Crippen molar-refractivity contribution < 1.29 is 9.90 Å². The van der Waals surface area contributed by atoms with Crippen molar-refractivity contribution in [2.75, 3.05) is 5.73 Å². The van der Waals surface area contributed by atoms with Crippen LogP contribution in [-0.2, 0) is 4.79 Å². The third kappa shape index (κ3) is 3.55. The van der Waals surface area contributed by atoms with Crippen molar-refractivity contribution in [2.45, 2.75) is 38.5 Å². The van der Waals surface area contributed by atoms with E-state index in [0.29, 0.717) is 42.6 Å². The number of hydrogen-bond donors (Lipinski definition) is 2. The summed E-state index contributed by atoms with van der Waals surface area (Å²) in [5.41, 5.74) is 10.6. The van der Waals surface area contributed by atoms with Crippen molar-refractivity contribution in [3.63, 3.8) is 0 Å². The largest absolute Gasteiger partial charge is 0.481 e. The quantitative estimate of drug-likeness (QED) is 0.460. The summed E-state index contributed by atoms with van der Waals surface area (Å²) >= 11 is 0. The normalized spacial score (nSPS) is 20.2. The molecule has 0 aliphatic heterocycles. The second-order valence-corrected chi connectivity index (χ2v) is 9.10. The molecule has 1 aliphatic carbocycles. The SMILES string of the molecule is C[C@]1(C(=O)O)CC[C@@H](c2nc3c(-c4ccc(-c5ccccc5)nc4)cnn3c(N)c2C#N)CC1. The van der Waals surface area contributed by atoms with E-state index in [0.717, 1.165) is 22.4 Å². The van der Waals surface area contributed by atoms with Gasteiger partial charge in [0.1, 0.15) is 17.5 Å². The first kappa shape index (κ1) is 21.6. The highest BCUT2D eigenvalue weighted by Gasteiger charge is 2.39. The summed E-state index contributed by atoms with van der Waals surface area (Å²) in [6.07, 6.45) is 5.80. The Labute approximate surface area is 196 Å². The fraction of sp³-hybridized carbons (Fsp3) is 0.269. The lowest BCUT2D eigenvalue weighted by Gasteiger charge is -2.34. The summed E-state index contributed by atoms with van der Waals surface area (Å²) in [6.45, 7) is 1.78. The third-order valence-electron chi connectivity index (χ3n) is 6.96. The van der Waals surface area contributed by atoms with E-state index in [-0.39, 0.29) is 11.7 Å². The van der Waals surface area contributed by atoms with Gasteiger partial charge in [0.2, 0.25) is 0 Å². The lowest BCUT2D eigenvalue weighted by Crippen LogP contribution is -2.32. The zero-order valence-corrected chi connectivity index (χ0v) is 18.8. The van der Waals surface area contributed by atoms with Crippen LogP contribution in [0.25, 0.3) is 28.0 Å². The highest BCUT2D eigenvalue weighted by atomic mass is 16.4. The average Bonchev–Trinajstić information content (AvgIpc) is 3.29. The molecule has 1 aromatic carbocycles. The molecular weight excluding hydrogens is 428 g/mol. The van der Waals surface area contributed by atoms with E-state index in [1.54, 1.807) is 19.3 Å². The molecule has 3 aromatic heterocycles. The lowest BCUT2D eigenvalue weighted by atomic mass is 9.70. The number of nitriles is 1. The molecule has 4 aromatic rings. The van der Waals surface area contributed by atoms with Gasteiger partial charge in [0.05, 0.1) is 23.0 Å². The number of aromatic nitrogens is 4. The molecule has 5 rings (SSSR count). The van der Waals surface area contributed by atoms with Crippen molar-refractivity contribution in [1.29, 1.82) is 5.26 Å². The molecule has 3 N–H and O–H groups in total. The molecule has 8 nitrogen and oxygen atoms in total. The van der Waals surface area contributed by atoms with Crippen LogP contribution in [0.15, 0.2) is 54.9 Å². The smallest absolute Gasteiger partial charge is 0.309 e. The van der Waals surface area contributed by atoms with E-state index in [1.807, 2.05) is 42.5 Å². The van der Waals surface area contributed by atoms with Crippen LogP contribution in [0.5, 0.6) is 0 Å². The fourth-order valence-electron chi connectivity index (χ4n) is 4.72. The maximum Gasteiger partial charge on any atom is 0.309 e. The van der Waals surface area contributed by atoms with Gasteiger partial charge in [0.15, 0.2) is 5.65 Å². The first-order chi connectivity index (χ1) is 16.4. The molecule has 1 aliphatic rings. The summed E-state index contributed by atoms with van der Waals surface area (Å²) < 4.78 is 1.49. The molecule has 0 atom stereocenters. The lowest BCUT2D eigenvalue weighted by molar-refractivity contribution is -0.149. The van der Waals surface area contributed by atoms with Crippen molar-refractivity contribution in [1.82, 2.24) is 19.6 Å². The molecule has 0 saturated heterocycles. The predicted octanol–water partition coefficient (Wildman–Crippen LogP) is 4.66. The summed E-state index contributed by atoms with van der Waals surface area (Å²) in [4.78, 5) is 21.1. The van der Waals surface area contributed by atoms with Crippen LogP contribution < -0.4 is 5.73 Å². The minimum atomic E-state index is -0.779. The van der Waals surface area contributed by atoms with E-state index in [2.05, 4.69) is 16.2 Å². The van der Waals surface area contributed by atoms with Crippen LogP contribution in [0.2, 0.25) is 0 Å². The van der Waals surface area contributed by atoms with Crippen molar-refractivity contribution in [3.8, 4) is 28.5 Å². The summed E-state index contributed by atoms with van der Waals surface area (Å²) in [5.74, 6) is -0.566. The zero-order valence-electron chi connectivity index (χ0n) is 18.8. The average molecular weight is 453 g/mol. The van der Waals surface area contributed by atoms with E-state index in [4.69, 9.17) is 10.7 Å². The Bertz CT molecular complexity index is 1410. The van der Waals surface area contributed by atoms with Crippen LogP contribution in [0.4, 0.5) is 5.82 Å². The Morgan fingerprint density at radius 2 is 1.88 bits per heavy atom. The van der Waals surface area contributed by atoms with Crippen LogP contribution in [0.1, 0.15) is 49.8 Å². The number of carbonyl (C=O) groups is 1. The van der Waals surface area contributed by atoms with Crippen molar-refractivity contribution >= 4 is 17.4 Å². The van der Waals surface area contributed by atoms with Gasteiger partial charge in [-0.2, -0.15) is 14.9 Å². The summed E-state index contributed by atoms with van der Waals surface area (Å²) in [7, 11) is 0. The van der Waals surface area contributed by atoms with Gasteiger partial charge in [0.25, 0.3) is 0 Å². The first-order valence-corrected chi connectivity index (χ1v) is 11.2. The highest BCUT2D eigenvalue weighted by Crippen LogP contribution is 2.44. The molecule has 1 saturated carbocycles. The van der Waals surface area contributed by atoms with E-state index in [1.165, 1.54) is 4.52 Å². The van der Waals surface area contributed by atoms with E-state index >= 15 is 0 Å². The van der Waals surface area contributed by atoms with Gasteiger partial charge in [0, 0.05) is 28.8 Å². The number of hydrogen-bond acceptors (Lipinski definition) is 6. The summed E-state index contributed by atoms with van der Waals surface area (Å²) in [5, 5.41) is 23.8. The zero-order chi connectivity index (χ0) is 23.9. The Morgan fingerprint density at radius 3 is 2.50 bits per heavy atom. The monoisotopic (exact) mass is 452 g/mol. The minimum absolute atomic E-state index is 0.0318. The van der Waals surface area contributed by atoms with Gasteiger partial charge in [-0.05, 0) is 38.7 Å². The number of fused-ring (bicyclic) bond motifs is 1. The van der Waals surface area contributed by atoms with Gasteiger partial charge >= 0.3 is 5.97 Å². The number of anilines is 1. The Balaban J connectivity index is 1.54. The number of nitrogen functional groups attached to an aromatic ring is 1. The molecule has 0 unspecified atom stereocenters. The highest BCUT2D eigenvalue weighted by molar-refractivity contribution is 5.79. The predicted molar refractivity (Wildman–Crippen MR) is 128 cm³/mol. The molecule has 0 amide bonds. The second-order valence-electron chi connectivity index (χ2n) is 9.10. The molecular formula is C26H24N6O2. The van der Waals surface area contributed by atoms with Gasteiger partial charge in [-0.25, -0.2) is 4.98 Å². The van der Waals surface area contributed by atoms with E-state index < -0.39 is 11.4 Å². The standard InChI is InChI=1S/C26H24N6O2/c1-26(25(33)34)11-9-17(10-12-26)22-19(13-27)23(28)32-24(31-22)20(15-30-32)18-7-8-21(29-14-18)16-5-3-2-4-6-16/h2-8,14-15,17H,9-12,28H2,1H3,(H,33,34)/t17-,26+. The van der Waals surface area contributed by atoms with Crippen molar-refractivity contribution in [2.24, 2.45) is 5.41 Å². The van der Waals surface area contributed by atoms with E-state index in [9.17, 15) is 15.2 Å². The Hall–Kier alpha value is -4.25. The number of rotatable bonds is 4. The first-order valence-electron chi connectivity index (χ1n) is 11.2. The summed E-state index contributed by atoms with van der Waals surface area (Å²) in [6, 6.07) is 16.1. The molecule has 170 valence electrons. The molecule has 1 fully saturated rings. The number of nitrogens with zero attached hydrogens (tertiary/aromatic N) is 5. The van der Waals surface area contributed by atoms with Gasteiger partial charge in [-0.3, -0.25) is 9.78 Å². The molecule has 3 heterocycles. The Kier molecular flexibility index (Phi) is 5.25. The fourth-order valence-corrected chi connectivity index (χ4v) is 4.72. The second kappa shape index (κ2) is 8.27. The molecule has 0 spiro atoms. The molecule has 8 heteroatoms. The number of nitrogens with two attached hydrogens (primary N) is 1. The van der Waals surface area contributed by atoms with Gasteiger partial charge < -0.3 is 10.8 Å². The Morgan fingerprint density at radius 1 is 1.15 bits per heavy atom. The number of aliphatic carboxylic acids is 1. The minimum Gasteiger partial charge on any atom is -0.481 e. The van der Waals surface area contributed by atoms with Crippen LogP contribution in [-0.4, -0.2) is 30.7 Å². The maximum absolute atomic E-state index is 11.6.